The van der Waals surface area contributed by atoms with Crippen molar-refractivity contribution in [3.05, 3.63) is 24.3 Å². The first kappa shape index (κ1) is 18.4. The third-order valence-corrected chi connectivity index (χ3v) is 2.00. The van der Waals surface area contributed by atoms with Crippen LogP contribution in [-0.4, -0.2) is 33.6 Å². The Labute approximate surface area is 115 Å². The number of hydrogen-bond donors (Lipinski definition) is 2. The molecular formula is C11H19Cl2N3O. The molecule has 0 aromatic heterocycles. The predicted molar refractivity (Wildman–Crippen MR) is 77.8 cm³/mol. The summed E-state index contributed by atoms with van der Waals surface area (Å²) in [6.07, 6.45) is 0. The number of rotatable bonds is 4. The quantitative estimate of drug-likeness (QED) is 0.883. The molecule has 0 aliphatic carbocycles. The lowest BCUT2D eigenvalue weighted by Gasteiger charge is -2.17. The molecule has 0 fully saturated rings. The third-order valence-electron chi connectivity index (χ3n) is 2.00. The largest absolute Gasteiger partial charge is 0.376 e. The molecule has 0 radical (unpaired) electrons. The van der Waals surface area contributed by atoms with Crippen LogP contribution in [0.1, 0.15) is 0 Å². The van der Waals surface area contributed by atoms with Gasteiger partial charge in [-0.3, -0.25) is 4.79 Å². The number of halogens is 2. The smallest absolute Gasteiger partial charge is 0.238 e. The van der Waals surface area contributed by atoms with Gasteiger partial charge in [0.2, 0.25) is 5.91 Å². The van der Waals surface area contributed by atoms with Crippen molar-refractivity contribution < 1.29 is 4.79 Å². The number of para-hydroxylation sites is 2. The van der Waals surface area contributed by atoms with Crippen LogP contribution in [0.15, 0.2) is 24.3 Å². The van der Waals surface area contributed by atoms with E-state index in [-0.39, 0.29) is 30.7 Å². The van der Waals surface area contributed by atoms with Crippen molar-refractivity contribution in [1.82, 2.24) is 5.32 Å². The molecule has 6 heteroatoms. The Morgan fingerprint density at radius 3 is 2.35 bits per heavy atom. The van der Waals surface area contributed by atoms with Gasteiger partial charge < -0.3 is 15.5 Å². The molecule has 0 spiro atoms. The molecule has 98 valence electrons. The molecule has 0 bridgehead atoms. The van der Waals surface area contributed by atoms with Crippen molar-refractivity contribution in [2.75, 3.05) is 37.9 Å². The highest BCUT2D eigenvalue weighted by Crippen LogP contribution is 2.22. The molecule has 0 saturated carbocycles. The highest BCUT2D eigenvalue weighted by atomic mass is 35.5. The molecule has 0 aliphatic heterocycles. The maximum atomic E-state index is 11.4. The molecule has 1 aromatic rings. The van der Waals surface area contributed by atoms with E-state index in [1.165, 1.54) is 0 Å². The minimum atomic E-state index is -0.0354. The molecule has 0 saturated heterocycles. The van der Waals surface area contributed by atoms with Crippen LogP contribution in [-0.2, 0) is 4.79 Å². The van der Waals surface area contributed by atoms with Gasteiger partial charge in [-0.25, -0.2) is 0 Å². The third kappa shape index (κ3) is 5.77. The molecule has 2 N–H and O–H groups in total. The van der Waals surface area contributed by atoms with Crippen LogP contribution in [0, 0.1) is 0 Å². The highest BCUT2D eigenvalue weighted by molar-refractivity contribution is 5.95. The normalized spacial score (nSPS) is 8.65. The number of amides is 1. The number of benzene rings is 1. The SMILES string of the molecule is CNCC(=O)Nc1ccccc1N(C)C.Cl.Cl. The summed E-state index contributed by atoms with van der Waals surface area (Å²) in [5, 5.41) is 5.66. The van der Waals surface area contributed by atoms with Crippen LogP contribution in [0.5, 0.6) is 0 Å². The van der Waals surface area contributed by atoms with Gasteiger partial charge in [-0.15, -0.1) is 24.8 Å². The zero-order valence-corrected chi connectivity index (χ0v) is 11.8. The van der Waals surface area contributed by atoms with Gasteiger partial charge in [-0.1, -0.05) is 12.1 Å². The number of nitrogens with zero attached hydrogens (tertiary/aromatic N) is 1. The minimum absolute atomic E-state index is 0. The van der Waals surface area contributed by atoms with E-state index in [2.05, 4.69) is 10.6 Å². The van der Waals surface area contributed by atoms with Crippen molar-refractivity contribution >= 4 is 42.1 Å². The average Bonchev–Trinajstić information content (AvgIpc) is 2.18. The Bertz CT molecular complexity index is 345. The minimum Gasteiger partial charge on any atom is -0.376 e. The van der Waals surface area contributed by atoms with E-state index in [4.69, 9.17) is 0 Å². The maximum absolute atomic E-state index is 11.4. The number of likely N-dealkylation sites (N-methyl/N-ethyl adjacent to an activating group) is 1. The topological polar surface area (TPSA) is 44.4 Å². The molecule has 0 heterocycles. The molecule has 4 nitrogen and oxygen atoms in total. The van der Waals surface area contributed by atoms with Gasteiger partial charge in [0.05, 0.1) is 17.9 Å². The second-order valence-corrected chi connectivity index (χ2v) is 3.49. The summed E-state index contributed by atoms with van der Waals surface area (Å²) in [6, 6.07) is 7.71. The highest BCUT2D eigenvalue weighted by Gasteiger charge is 2.06. The molecule has 0 unspecified atom stereocenters. The lowest BCUT2D eigenvalue weighted by Crippen LogP contribution is -2.26. The van der Waals surface area contributed by atoms with E-state index in [1.807, 2.05) is 43.3 Å². The van der Waals surface area contributed by atoms with Crippen LogP contribution in [0.25, 0.3) is 0 Å². The summed E-state index contributed by atoms with van der Waals surface area (Å²) in [4.78, 5) is 13.4. The van der Waals surface area contributed by atoms with Gasteiger partial charge in [0.1, 0.15) is 0 Å². The van der Waals surface area contributed by atoms with E-state index in [1.54, 1.807) is 7.05 Å². The number of nitrogens with one attached hydrogen (secondary N) is 2. The first-order chi connectivity index (χ1) is 7.15. The molecule has 1 rings (SSSR count). The number of carbonyl (C=O) groups is 1. The van der Waals surface area contributed by atoms with E-state index < -0.39 is 0 Å². The van der Waals surface area contributed by atoms with Gasteiger partial charge in [0.15, 0.2) is 0 Å². The molecular weight excluding hydrogens is 261 g/mol. The van der Waals surface area contributed by atoms with Crippen molar-refractivity contribution in [3.63, 3.8) is 0 Å². The first-order valence-electron chi connectivity index (χ1n) is 4.86. The maximum Gasteiger partial charge on any atom is 0.238 e. The second-order valence-electron chi connectivity index (χ2n) is 3.49. The van der Waals surface area contributed by atoms with Gasteiger partial charge in [-0.2, -0.15) is 0 Å². The fraction of sp³-hybridized carbons (Fsp3) is 0.364. The fourth-order valence-electron chi connectivity index (χ4n) is 1.32. The van der Waals surface area contributed by atoms with Crippen LogP contribution < -0.4 is 15.5 Å². The van der Waals surface area contributed by atoms with Gasteiger partial charge in [0.25, 0.3) is 0 Å². The summed E-state index contributed by atoms with van der Waals surface area (Å²) in [6.45, 7) is 0.321. The lowest BCUT2D eigenvalue weighted by atomic mass is 10.2. The zero-order valence-electron chi connectivity index (χ0n) is 10.2. The summed E-state index contributed by atoms with van der Waals surface area (Å²) < 4.78 is 0. The Balaban J connectivity index is 0. The van der Waals surface area contributed by atoms with E-state index in [0.717, 1.165) is 11.4 Å². The summed E-state index contributed by atoms with van der Waals surface area (Å²) in [5.74, 6) is -0.0354. The Morgan fingerprint density at radius 2 is 1.82 bits per heavy atom. The Hall–Kier alpha value is -0.970. The molecule has 0 aliphatic rings. The summed E-state index contributed by atoms with van der Waals surface area (Å²) >= 11 is 0. The van der Waals surface area contributed by atoms with Gasteiger partial charge in [-0.05, 0) is 19.2 Å². The monoisotopic (exact) mass is 279 g/mol. The average molecular weight is 280 g/mol. The zero-order chi connectivity index (χ0) is 11.3. The van der Waals surface area contributed by atoms with Crippen LogP contribution in [0.3, 0.4) is 0 Å². The summed E-state index contributed by atoms with van der Waals surface area (Å²) in [5.41, 5.74) is 1.84. The van der Waals surface area contributed by atoms with Crippen LogP contribution >= 0.6 is 24.8 Å². The number of hydrogen-bond acceptors (Lipinski definition) is 3. The van der Waals surface area contributed by atoms with Crippen molar-refractivity contribution in [2.45, 2.75) is 0 Å². The Morgan fingerprint density at radius 1 is 1.24 bits per heavy atom. The van der Waals surface area contributed by atoms with Gasteiger partial charge in [0, 0.05) is 14.1 Å². The Kier molecular flexibility index (Phi) is 9.85. The van der Waals surface area contributed by atoms with Crippen molar-refractivity contribution in [2.24, 2.45) is 0 Å². The number of anilines is 2. The fourth-order valence-corrected chi connectivity index (χ4v) is 1.32. The molecule has 1 aromatic carbocycles. The van der Waals surface area contributed by atoms with Crippen LogP contribution in [0.4, 0.5) is 11.4 Å². The lowest BCUT2D eigenvalue weighted by molar-refractivity contribution is -0.115. The number of carbonyl (C=O) groups excluding carboxylic acids is 1. The van der Waals surface area contributed by atoms with E-state index in [9.17, 15) is 4.79 Å². The standard InChI is InChI=1S/C11H17N3O.2ClH/c1-12-8-11(15)13-9-6-4-5-7-10(9)14(2)3;;/h4-7,12H,8H2,1-3H3,(H,13,15);2*1H. The summed E-state index contributed by atoms with van der Waals surface area (Å²) in [7, 11) is 5.64. The predicted octanol–water partition coefficient (Wildman–Crippen LogP) is 1.75. The molecule has 0 atom stereocenters. The van der Waals surface area contributed by atoms with Crippen molar-refractivity contribution in [3.8, 4) is 0 Å². The van der Waals surface area contributed by atoms with Crippen molar-refractivity contribution in [1.29, 1.82) is 0 Å². The van der Waals surface area contributed by atoms with E-state index in [0.29, 0.717) is 6.54 Å². The second kappa shape index (κ2) is 9.10. The van der Waals surface area contributed by atoms with E-state index >= 15 is 0 Å². The first-order valence-corrected chi connectivity index (χ1v) is 4.86. The van der Waals surface area contributed by atoms with Crippen LogP contribution in [0.2, 0.25) is 0 Å². The molecule has 1 amide bonds. The molecule has 17 heavy (non-hydrogen) atoms. The van der Waals surface area contributed by atoms with Gasteiger partial charge >= 0.3 is 0 Å².